The SMILES string of the molecule is Cc1ncc(S(=O)(=O)Nc2cccc(C(N)=S)c2)s1. The van der Waals surface area contributed by atoms with Crippen molar-refractivity contribution >= 4 is 44.3 Å². The molecule has 0 bridgehead atoms. The number of thiazole rings is 1. The predicted molar refractivity (Wildman–Crippen MR) is 80.0 cm³/mol. The molecule has 1 heterocycles. The Morgan fingerprint density at radius 1 is 1.47 bits per heavy atom. The Kier molecular flexibility index (Phi) is 3.83. The Balaban J connectivity index is 2.30. The molecule has 8 heteroatoms. The summed E-state index contributed by atoms with van der Waals surface area (Å²) < 4.78 is 26.8. The summed E-state index contributed by atoms with van der Waals surface area (Å²) in [5.41, 5.74) is 6.53. The number of nitrogens with two attached hydrogens (primary N) is 1. The largest absolute Gasteiger partial charge is 0.389 e. The highest BCUT2D eigenvalue weighted by molar-refractivity contribution is 7.94. The van der Waals surface area contributed by atoms with E-state index in [0.717, 1.165) is 11.3 Å². The van der Waals surface area contributed by atoms with Gasteiger partial charge in [0, 0.05) is 11.3 Å². The average Bonchev–Trinajstić information content (AvgIpc) is 2.76. The highest BCUT2D eigenvalue weighted by Gasteiger charge is 2.17. The van der Waals surface area contributed by atoms with Gasteiger partial charge in [0.05, 0.1) is 11.2 Å². The van der Waals surface area contributed by atoms with E-state index in [0.29, 0.717) is 16.3 Å². The molecule has 0 aliphatic heterocycles. The van der Waals surface area contributed by atoms with Crippen molar-refractivity contribution in [3.8, 4) is 0 Å². The lowest BCUT2D eigenvalue weighted by Gasteiger charge is -2.07. The minimum atomic E-state index is -3.61. The predicted octanol–water partition coefficient (Wildman–Crippen LogP) is 1.89. The Labute approximate surface area is 120 Å². The van der Waals surface area contributed by atoms with Crippen molar-refractivity contribution in [3.05, 3.63) is 41.0 Å². The summed E-state index contributed by atoms with van der Waals surface area (Å²) in [7, 11) is -3.61. The minimum Gasteiger partial charge on any atom is -0.389 e. The molecular weight excluding hydrogens is 302 g/mol. The monoisotopic (exact) mass is 313 g/mol. The summed E-state index contributed by atoms with van der Waals surface area (Å²) in [5, 5.41) is 0.692. The Morgan fingerprint density at radius 3 is 2.79 bits per heavy atom. The van der Waals surface area contributed by atoms with Crippen LogP contribution in [0.25, 0.3) is 0 Å². The van der Waals surface area contributed by atoms with Crippen LogP contribution in [0.5, 0.6) is 0 Å². The fourth-order valence-electron chi connectivity index (χ4n) is 1.41. The van der Waals surface area contributed by atoms with Gasteiger partial charge in [-0.05, 0) is 19.1 Å². The van der Waals surface area contributed by atoms with Crippen molar-refractivity contribution in [1.29, 1.82) is 0 Å². The molecule has 2 rings (SSSR count). The molecule has 5 nitrogen and oxygen atoms in total. The van der Waals surface area contributed by atoms with E-state index in [-0.39, 0.29) is 9.20 Å². The molecule has 0 saturated heterocycles. The normalized spacial score (nSPS) is 11.2. The van der Waals surface area contributed by atoms with Crippen LogP contribution in [0, 0.1) is 6.92 Å². The van der Waals surface area contributed by atoms with Gasteiger partial charge in [0.1, 0.15) is 4.99 Å². The van der Waals surface area contributed by atoms with E-state index < -0.39 is 10.0 Å². The van der Waals surface area contributed by atoms with E-state index in [1.807, 2.05) is 0 Å². The van der Waals surface area contributed by atoms with Crippen LogP contribution < -0.4 is 10.5 Å². The van der Waals surface area contributed by atoms with Crippen LogP contribution in [0.3, 0.4) is 0 Å². The van der Waals surface area contributed by atoms with Gasteiger partial charge in [-0.3, -0.25) is 4.72 Å². The molecule has 100 valence electrons. The van der Waals surface area contributed by atoms with Crippen LogP contribution in [0.2, 0.25) is 0 Å². The maximum absolute atomic E-state index is 12.1. The Bertz CT molecular complexity index is 722. The first-order valence-corrected chi connectivity index (χ1v) is 7.94. The number of nitrogens with one attached hydrogen (secondary N) is 1. The van der Waals surface area contributed by atoms with E-state index in [9.17, 15) is 8.42 Å². The lowest BCUT2D eigenvalue weighted by atomic mass is 10.2. The Morgan fingerprint density at radius 2 is 2.21 bits per heavy atom. The summed E-state index contributed by atoms with van der Waals surface area (Å²) >= 11 is 5.96. The highest BCUT2D eigenvalue weighted by atomic mass is 32.2. The van der Waals surface area contributed by atoms with E-state index in [1.54, 1.807) is 31.2 Å². The summed E-state index contributed by atoms with van der Waals surface area (Å²) in [5.74, 6) is 0. The maximum Gasteiger partial charge on any atom is 0.273 e. The summed E-state index contributed by atoms with van der Waals surface area (Å²) in [6.07, 6.45) is 1.33. The highest BCUT2D eigenvalue weighted by Crippen LogP contribution is 2.21. The van der Waals surface area contributed by atoms with Crippen LogP contribution >= 0.6 is 23.6 Å². The van der Waals surface area contributed by atoms with Gasteiger partial charge in [-0.25, -0.2) is 13.4 Å². The molecule has 1 aromatic carbocycles. The lowest BCUT2D eigenvalue weighted by molar-refractivity contribution is 0.603. The molecule has 19 heavy (non-hydrogen) atoms. The number of sulfonamides is 1. The van der Waals surface area contributed by atoms with Crippen molar-refractivity contribution in [3.63, 3.8) is 0 Å². The van der Waals surface area contributed by atoms with Crippen LogP contribution in [0.15, 0.2) is 34.7 Å². The topological polar surface area (TPSA) is 85.1 Å². The standard InChI is InChI=1S/C11H11N3O2S3/c1-7-13-6-10(18-7)19(15,16)14-9-4-2-3-8(5-9)11(12)17/h2-6,14H,1H3,(H2,12,17). The van der Waals surface area contributed by atoms with Gasteiger partial charge in [0.15, 0.2) is 4.21 Å². The quantitative estimate of drug-likeness (QED) is 0.842. The number of aromatic nitrogens is 1. The molecule has 0 unspecified atom stereocenters. The number of nitrogens with zero attached hydrogens (tertiary/aromatic N) is 1. The van der Waals surface area contributed by atoms with E-state index >= 15 is 0 Å². The number of hydrogen-bond donors (Lipinski definition) is 2. The second-order valence-corrected chi connectivity index (χ2v) is 7.33. The zero-order valence-corrected chi connectivity index (χ0v) is 12.4. The zero-order chi connectivity index (χ0) is 14.0. The third kappa shape index (κ3) is 3.28. The first-order chi connectivity index (χ1) is 8.88. The van der Waals surface area contributed by atoms with Crippen LogP contribution in [-0.4, -0.2) is 18.4 Å². The number of aryl methyl sites for hydroxylation is 1. The molecule has 0 amide bonds. The van der Waals surface area contributed by atoms with Gasteiger partial charge in [0.25, 0.3) is 10.0 Å². The smallest absolute Gasteiger partial charge is 0.273 e. The third-order valence-electron chi connectivity index (χ3n) is 2.26. The first-order valence-electron chi connectivity index (χ1n) is 5.23. The molecule has 0 spiro atoms. The fourth-order valence-corrected chi connectivity index (χ4v) is 3.69. The number of thiocarbonyl (C=S) groups is 1. The number of hydrogen-bond acceptors (Lipinski definition) is 5. The maximum atomic E-state index is 12.1. The van der Waals surface area contributed by atoms with Crippen molar-refractivity contribution in [2.75, 3.05) is 4.72 Å². The second kappa shape index (κ2) is 5.24. The lowest BCUT2D eigenvalue weighted by Crippen LogP contribution is -2.13. The minimum absolute atomic E-state index is 0.172. The van der Waals surface area contributed by atoms with Crippen LogP contribution in [0.4, 0.5) is 5.69 Å². The van der Waals surface area contributed by atoms with E-state index in [4.69, 9.17) is 18.0 Å². The molecular formula is C11H11N3O2S3. The van der Waals surface area contributed by atoms with E-state index in [2.05, 4.69) is 9.71 Å². The van der Waals surface area contributed by atoms with Crippen molar-refractivity contribution < 1.29 is 8.42 Å². The van der Waals surface area contributed by atoms with Crippen molar-refractivity contribution in [2.45, 2.75) is 11.1 Å². The van der Waals surface area contributed by atoms with Crippen LogP contribution in [-0.2, 0) is 10.0 Å². The second-order valence-electron chi connectivity index (χ2n) is 3.75. The molecule has 0 radical (unpaired) electrons. The van der Waals surface area contributed by atoms with E-state index in [1.165, 1.54) is 6.20 Å². The molecule has 0 aliphatic rings. The van der Waals surface area contributed by atoms with Gasteiger partial charge in [-0.1, -0.05) is 24.4 Å². The molecule has 0 atom stereocenters. The van der Waals surface area contributed by atoms with Gasteiger partial charge < -0.3 is 5.73 Å². The molecule has 0 fully saturated rings. The molecule has 1 aromatic heterocycles. The van der Waals surface area contributed by atoms with Crippen LogP contribution in [0.1, 0.15) is 10.6 Å². The van der Waals surface area contributed by atoms with Crippen molar-refractivity contribution in [2.24, 2.45) is 5.73 Å². The average molecular weight is 313 g/mol. The number of rotatable bonds is 4. The first kappa shape index (κ1) is 13.9. The van der Waals surface area contributed by atoms with Gasteiger partial charge in [-0.2, -0.15) is 0 Å². The molecule has 0 saturated carbocycles. The van der Waals surface area contributed by atoms with Crippen molar-refractivity contribution in [1.82, 2.24) is 4.98 Å². The van der Waals surface area contributed by atoms with Gasteiger partial charge >= 0.3 is 0 Å². The zero-order valence-electron chi connectivity index (χ0n) is 9.95. The Hall–Kier alpha value is -1.51. The third-order valence-corrected chi connectivity index (χ3v) is 5.26. The summed E-state index contributed by atoms with van der Waals surface area (Å²) in [6, 6.07) is 6.63. The summed E-state index contributed by atoms with van der Waals surface area (Å²) in [6.45, 7) is 1.75. The van der Waals surface area contributed by atoms with Gasteiger partial charge in [-0.15, -0.1) is 11.3 Å². The molecule has 2 aromatic rings. The molecule has 3 N–H and O–H groups in total. The fraction of sp³-hybridized carbons (Fsp3) is 0.0909. The summed E-state index contributed by atoms with van der Waals surface area (Å²) in [4.78, 5) is 4.15. The number of anilines is 1. The van der Waals surface area contributed by atoms with Gasteiger partial charge in [0.2, 0.25) is 0 Å². The number of benzene rings is 1. The molecule has 0 aliphatic carbocycles.